The molecule has 32 heavy (non-hydrogen) atoms. The highest BCUT2D eigenvalue weighted by Gasteiger charge is 2.28. The Labute approximate surface area is 188 Å². The van der Waals surface area contributed by atoms with Crippen LogP contribution in [0.4, 0.5) is 11.4 Å². The van der Waals surface area contributed by atoms with Gasteiger partial charge in [-0.1, -0.05) is 66.7 Å². The average Bonchev–Trinajstić information content (AvgIpc) is 3.38. The Morgan fingerprint density at radius 2 is 1.22 bits per heavy atom. The number of fused-ring (bicyclic) bond motifs is 3. The molecule has 0 N–H and O–H groups in total. The van der Waals surface area contributed by atoms with Gasteiger partial charge in [-0.15, -0.1) is 0 Å². The summed E-state index contributed by atoms with van der Waals surface area (Å²) in [5.74, 6) is 0. The fourth-order valence-electron chi connectivity index (χ4n) is 5.00. The van der Waals surface area contributed by atoms with Crippen molar-refractivity contribution in [1.82, 2.24) is 4.57 Å². The largest absolute Gasteiger partial charge is 0.325 e. The molecule has 0 fully saturated rings. The molecule has 2 heterocycles. The lowest BCUT2D eigenvalue weighted by Crippen LogP contribution is -2.36. The lowest BCUT2D eigenvalue weighted by atomic mass is 10.1. The number of nitrogens with zero attached hydrogens (tertiary/aromatic N) is 3. The van der Waals surface area contributed by atoms with E-state index in [1.54, 1.807) is 0 Å². The molecule has 1 aliphatic rings. The van der Waals surface area contributed by atoms with Crippen LogP contribution in [0.1, 0.15) is 12.5 Å². The van der Waals surface area contributed by atoms with Gasteiger partial charge < -0.3 is 14.4 Å². The highest BCUT2D eigenvalue weighted by molar-refractivity contribution is 6.13. The van der Waals surface area contributed by atoms with Gasteiger partial charge in [-0.3, -0.25) is 0 Å². The monoisotopic (exact) mass is 415 g/mol. The molecule has 0 radical (unpaired) electrons. The SMILES string of the molecule is Cc1ccccc1N1C=CN(c2cccc3c4ccccc4n(-c4ccccc4)c23)[C@@H]1C. The van der Waals surface area contributed by atoms with E-state index in [1.165, 1.54) is 44.4 Å². The van der Waals surface area contributed by atoms with Gasteiger partial charge in [-0.05, 0) is 49.7 Å². The van der Waals surface area contributed by atoms with Gasteiger partial charge in [0, 0.05) is 34.5 Å². The molecule has 3 nitrogen and oxygen atoms in total. The van der Waals surface area contributed by atoms with Crippen LogP contribution in [0.3, 0.4) is 0 Å². The molecule has 0 amide bonds. The smallest absolute Gasteiger partial charge is 0.107 e. The molecule has 1 aliphatic heterocycles. The van der Waals surface area contributed by atoms with Crippen molar-refractivity contribution in [3.63, 3.8) is 0 Å². The Kier molecular flexibility index (Phi) is 4.29. The molecular weight excluding hydrogens is 390 g/mol. The molecule has 0 aliphatic carbocycles. The molecule has 0 unspecified atom stereocenters. The van der Waals surface area contributed by atoms with Crippen LogP contribution in [0.2, 0.25) is 0 Å². The minimum Gasteiger partial charge on any atom is -0.325 e. The number of anilines is 2. The van der Waals surface area contributed by atoms with Gasteiger partial charge in [0.1, 0.15) is 6.17 Å². The van der Waals surface area contributed by atoms with Gasteiger partial charge >= 0.3 is 0 Å². The van der Waals surface area contributed by atoms with Crippen LogP contribution in [-0.2, 0) is 0 Å². The maximum absolute atomic E-state index is 2.40. The van der Waals surface area contributed by atoms with Crippen molar-refractivity contribution in [2.24, 2.45) is 0 Å². The number of hydrogen-bond donors (Lipinski definition) is 0. The zero-order chi connectivity index (χ0) is 21.7. The predicted octanol–water partition coefficient (Wildman–Crippen LogP) is 7.24. The Bertz CT molecular complexity index is 1460. The number of rotatable bonds is 3. The standard InChI is InChI=1S/C29H25N3/c1-21-11-6-8-16-26(21)30-19-20-31(22(30)2)28-18-10-15-25-24-14-7-9-17-27(24)32(29(25)28)23-12-4-3-5-13-23/h3-20,22H,1-2H3/t22-/m1/s1. The van der Waals surface area contributed by atoms with Gasteiger partial charge in [0.25, 0.3) is 0 Å². The normalized spacial score (nSPS) is 15.9. The van der Waals surface area contributed by atoms with E-state index in [0.29, 0.717) is 0 Å². The van der Waals surface area contributed by atoms with Crippen molar-refractivity contribution >= 4 is 33.2 Å². The molecule has 0 saturated carbocycles. The van der Waals surface area contributed by atoms with Crippen LogP contribution in [0.5, 0.6) is 0 Å². The fourth-order valence-corrected chi connectivity index (χ4v) is 5.00. The first-order valence-electron chi connectivity index (χ1n) is 11.1. The molecule has 4 aromatic carbocycles. The van der Waals surface area contributed by atoms with Crippen LogP contribution in [0.15, 0.2) is 109 Å². The second-order valence-corrected chi connectivity index (χ2v) is 8.39. The summed E-state index contributed by atoms with van der Waals surface area (Å²) in [6, 6.07) is 34.6. The van der Waals surface area contributed by atoms with Crippen molar-refractivity contribution in [3.8, 4) is 5.69 Å². The highest BCUT2D eigenvalue weighted by atomic mass is 15.4. The molecule has 6 rings (SSSR count). The Hall–Kier alpha value is -3.98. The molecule has 0 spiro atoms. The average molecular weight is 416 g/mol. The second kappa shape index (κ2) is 7.31. The van der Waals surface area contributed by atoms with E-state index in [1.807, 2.05) is 0 Å². The summed E-state index contributed by atoms with van der Waals surface area (Å²) in [5, 5.41) is 2.55. The minimum atomic E-state index is 0.170. The third-order valence-electron chi connectivity index (χ3n) is 6.55. The zero-order valence-electron chi connectivity index (χ0n) is 18.3. The van der Waals surface area contributed by atoms with Gasteiger partial charge in [-0.2, -0.15) is 0 Å². The van der Waals surface area contributed by atoms with E-state index in [2.05, 4.69) is 138 Å². The molecule has 5 aromatic rings. The van der Waals surface area contributed by atoms with Gasteiger partial charge in [-0.25, -0.2) is 0 Å². The lowest BCUT2D eigenvalue weighted by molar-refractivity contribution is 0.749. The molecule has 3 heteroatoms. The number of benzene rings is 4. The lowest BCUT2D eigenvalue weighted by Gasteiger charge is -2.31. The summed E-state index contributed by atoms with van der Waals surface area (Å²) in [7, 11) is 0. The van der Waals surface area contributed by atoms with Crippen LogP contribution < -0.4 is 9.80 Å². The number of para-hydroxylation sites is 4. The van der Waals surface area contributed by atoms with Crippen molar-refractivity contribution in [1.29, 1.82) is 0 Å². The quantitative estimate of drug-likeness (QED) is 0.308. The van der Waals surface area contributed by atoms with Gasteiger partial charge in [0.2, 0.25) is 0 Å². The van der Waals surface area contributed by atoms with E-state index in [0.717, 1.165) is 0 Å². The van der Waals surface area contributed by atoms with E-state index < -0.39 is 0 Å². The molecule has 0 bridgehead atoms. The Morgan fingerprint density at radius 1 is 0.594 bits per heavy atom. The maximum atomic E-state index is 2.40. The topological polar surface area (TPSA) is 11.4 Å². The van der Waals surface area contributed by atoms with Crippen molar-refractivity contribution in [2.45, 2.75) is 20.0 Å². The third kappa shape index (κ3) is 2.75. The predicted molar refractivity (Wildman–Crippen MR) is 136 cm³/mol. The fraction of sp³-hybridized carbons (Fsp3) is 0.103. The first-order chi connectivity index (χ1) is 15.7. The van der Waals surface area contributed by atoms with Gasteiger partial charge in [0.15, 0.2) is 0 Å². The number of aryl methyl sites for hydroxylation is 1. The van der Waals surface area contributed by atoms with Crippen LogP contribution in [-0.4, -0.2) is 10.7 Å². The molecule has 1 aromatic heterocycles. The number of aromatic nitrogens is 1. The van der Waals surface area contributed by atoms with E-state index in [4.69, 9.17) is 0 Å². The van der Waals surface area contributed by atoms with Gasteiger partial charge in [0.05, 0.1) is 16.7 Å². The van der Waals surface area contributed by atoms with Crippen molar-refractivity contribution in [3.05, 3.63) is 115 Å². The summed E-state index contributed by atoms with van der Waals surface area (Å²) in [4.78, 5) is 4.73. The summed E-state index contributed by atoms with van der Waals surface area (Å²) >= 11 is 0. The minimum absolute atomic E-state index is 0.170. The van der Waals surface area contributed by atoms with E-state index in [9.17, 15) is 0 Å². The third-order valence-corrected chi connectivity index (χ3v) is 6.55. The summed E-state index contributed by atoms with van der Waals surface area (Å²) in [6.45, 7) is 4.44. The van der Waals surface area contributed by atoms with Crippen LogP contribution >= 0.6 is 0 Å². The Balaban J connectivity index is 1.57. The first-order valence-corrected chi connectivity index (χ1v) is 11.1. The molecule has 156 valence electrons. The maximum Gasteiger partial charge on any atom is 0.107 e. The highest BCUT2D eigenvalue weighted by Crippen LogP contribution is 2.40. The summed E-state index contributed by atoms with van der Waals surface area (Å²) in [5.41, 5.74) is 7.38. The van der Waals surface area contributed by atoms with E-state index >= 15 is 0 Å². The Morgan fingerprint density at radius 3 is 2.03 bits per heavy atom. The zero-order valence-corrected chi connectivity index (χ0v) is 18.3. The van der Waals surface area contributed by atoms with E-state index in [-0.39, 0.29) is 6.17 Å². The van der Waals surface area contributed by atoms with Crippen molar-refractivity contribution in [2.75, 3.05) is 9.80 Å². The molecule has 0 saturated heterocycles. The molecule has 1 atom stereocenters. The summed E-state index contributed by atoms with van der Waals surface area (Å²) < 4.78 is 2.40. The van der Waals surface area contributed by atoms with Crippen LogP contribution in [0.25, 0.3) is 27.5 Å². The van der Waals surface area contributed by atoms with Crippen molar-refractivity contribution < 1.29 is 0 Å². The first kappa shape index (κ1) is 18.8. The summed E-state index contributed by atoms with van der Waals surface area (Å²) in [6.07, 6.45) is 4.57. The molecular formula is C29H25N3. The van der Waals surface area contributed by atoms with Crippen LogP contribution in [0, 0.1) is 6.92 Å². The number of hydrogen-bond acceptors (Lipinski definition) is 2. The second-order valence-electron chi connectivity index (χ2n) is 8.39.